The third kappa shape index (κ3) is 5.33. The van der Waals surface area contributed by atoms with Crippen LogP contribution in [0.1, 0.15) is 11.1 Å². The zero-order chi connectivity index (χ0) is 22.5. The number of aryl methyl sites for hydroxylation is 2. The van der Waals surface area contributed by atoms with Gasteiger partial charge in [-0.05, 0) is 43.3 Å². The first-order valence-corrected chi connectivity index (χ1v) is 11.2. The highest BCUT2D eigenvalue weighted by atomic mass is 35.5. The van der Waals surface area contributed by atoms with Crippen molar-refractivity contribution in [3.63, 3.8) is 0 Å². The first-order valence-electron chi connectivity index (χ1n) is 10.0. The molecule has 3 aromatic carbocycles. The fourth-order valence-electron chi connectivity index (χ4n) is 3.18. The van der Waals surface area contributed by atoms with Crippen molar-refractivity contribution < 1.29 is 9.53 Å². The molecule has 5 nitrogen and oxygen atoms in total. The third-order valence-electron chi connectivity index (χ3n) is 4.81. The molecular weight excluding hydrogens is 442 g/mol. The fraction of sp³-hybridized carbons (Fsp3) is 0.120. The molecule has 7 heteroatoms. The van der Waals surface area contributed by atoms with Gasteiger partial charge < -0.3 is 4.74 Å². The average Bonchev–Trinajstić information content (AvgIpc) is 3.11. The summed E-state index contributed by atoms with van der Waals surface area (Å²) in [6.07, 6.45) is -0.540. The van der Waals surface area contributed by atoms with Crippen molar-refractivity contribution in [2.45, 2.75) is 23.5 Å². The van der Waals surface area contributed by atoms with E-state index in [0.29, 0.717) is 10.7 Å². The van der Waals surface area contributed by atoms with Crippen LogP contribution in [0.15, 0.2) is 88.8 Å². The molecule has 4 aromatic rings. The molecule has 162 valence electrons. The Hall–Kier alpha value is -3.22. The van der Waals surface area contributed by atoms with E-state index in [2.05, 4.69) is 36.5 Å². The van der Waals surface area contributed by atoms with Crippen molar-refractivity contribution in [3.05, 3.63) is 95.0 Å². The number of anilines is 1. The van der Waals surface area contributed by atoms with Gasteiger partial charge in [-0.25, -0.2) is 4.79 Å². The van der Waals surface area contributed by atoms with Crippen LogP contribution in [-0.2, 0) is 18.4 Å². The molecule has 0 bridgehead atoms. The Balaban J connectivity index is 1.59. The van der Waals surface area contributed by atoms with E-state index >= 15 is 0 Å². The number of ether oxygens (including phenoxy) is 1. The summed E-state index contributed by atoms with van der Waals surface area (Å²) in [6, 6.07) is 25.1. The van der Waals surface area contributed by atoms with E-state index in [0.717, 1.165) is 26.7 Å². The lowest BCUT2D eigenvalue weighted by Gasteiger charge is -2.10. The maximum absolute atomic E-state index is 12.4. The van der Waals surface area contributed by atoms with E-state index in [9.17, 15) is 4.79 Å². The standard InChI is InChI=1S/C25H22ClN3O2S/c1-17-8-14-21(15-9-17)32-24-22(23(28-29(24)2)18-6-4-3-5-7-18)16-31-25(30)27-20-12-10-19(26)11-13-20/h3-15H,16H2,1-2H3,(H,27,30). The Morgan fingerprint density at radius 1 is 1.03 bits per heavy atom. The molecule has 0 atom stereocenters. The monoisotopic (exact) mass is 463 g/mol. The van der Waals surface area contributed by atoms with Crippen LogP contribution in [0.2, 0.25) is 5.02 Å². The second kappa shape index (κ2) is 9.94. The maximum Gasteiger partial charge on any atom is 0.411 e. The molecule has 0 aliphatic heterocycles. The van der Waals surface area contributed by atoms with Gasteiger partial charge in [0, 0.05) is 33.8 Å². The lowest BCUT2D eigenvalue weighted by molar-refractivity contribution is 0.154. The Kier molecular flexibility index (Phi) is 6.83. The summed E-state index contributed by atoms with van der Waals surface area (Å²) in [4.78, 5) is 13.5. The molecule has 32 heavy (non-hydrogen) atoms. The van der Waals surface area contributed by atoms with Gasteiger partial charge >= 0.3 is 6.09 Å². The van der Waals surface area contributed by atoms with Crippen LogP contribution >= 0.6 is 23.4 Å². The molecule has 0 aliphatic rings. The topological polar surface area (TPSA) is 56.1 Å². The van der Waals surface area contributed by atoms with Gasteiger partial charge in [0.2, 0.25) is 0 Å². The molecule has 0 aliphatic carbocycles. The van der Waals surface area contributed by atoms with Crippen LogP contribution in [0.3, 0.4) is 0 Å². The number of halogens is 1. The Morgan fingerprint density at radius 2 is 1.72 bits per heavy atom. The van der Waals surface area contributed by atoms with E-state index in [-0.39, 0.29) is 6.61 Å². The Bertz CT molecular complexity index is 1210. The highest BCUT2D eigenvalue weighted by Gasteiger charge is 2.20. The quantitative estimate of drug-likeness (QED) is 0.336. The largest absolute Gasteiger partial charge is 0.444 e. The summed E-state index contributed by atoms with van der Waals surface area (Å²) in [7, 11) is 1.90. The number of carbonyl (C=O) groups is 1. The third-order valence-corrected chi connectivity index (χ3v) is 6.27. The predicted molar refractivity (Wildman–Crippen MR) is 129 cm³/mol. The van der Waals surface area contributed by atoms with Crippen molar-refractivity contribution in [1.82, 2.24) is 9.78 Å². The van der Waals surface area contributed by atoms with E-state index in [1.54, 1.807) is 36.0 Å². The summed E-state index contributed by atoms with van der Waals surface area (Å²) >= 11 is 7.50. The minimum absolute atomic E-state index is 0.0890. The normalized spacial score (nSPS) is 10.7. The van der Waals surface area contributed by atoms with Crippen molar-refractivity contribution >= 4 is 35.1 Å². The molecule has 0 saturated carbocycles. The van der Waals surface area contributed by atoms with Crippen molar-refractivity contribution in [2.75, 3.05) is 5.32 Å². The molecule has 0 radical (unpaired) electrons. The van der Waals surface area contributed by atoms with Crippen molar-refractivity contribution in [3.8, 4) is 11.3 Å². The SMILES string of the molecule is Cc1ccc(Sc2c(COC(=O)Nc3ccc(Cl)cc3)c(-c3ccccc3)nn2C)cc1. The van der Waals surface area contributed by atoms with Crippen molar-refractivity contribution in [1.29, 1.82) is 0 Å². The summed E-state index contributed by atoms with van der Waals surface area (Å²) in [5.74, 6) is 0. The number of amides is 1. The minimum atomic E-state index is -0.540. The zero-order valence-electron chi connectivity index (χ0n) is 17.7. The van der Waals surface area contributed by atoms with Gasteiger partial charge in [-0.3, -0.25) is 10.00 Å². The lowest BCUT2D eigenvalue weighted by atomic mass is 10.1. The number of rotatable bonds is 6. The summed E-state index contributed by atoms with van der Waals surface area (Å²) in [5, 5.41) is 8.99. The number of nitrogens with zero attached hydrogens (tertiary/aromatic N) is 2. The minimum Gasteiger partial charge on any atom is -0.444 e. The summed E-state index contributed by atoms with van der Waals surface area (Å²) in [6.45, 7) is 2.15. The smallest absolute Gasteiger partial charge is 0.411 e. The first-order chi connectivity index (χ1) is 15.5. The van der Waals surface area contributed by atoms with Crippen LogP contribution < -0.4 is 5.32 Å². The molecule has 0 spiro atoms. The number of nitrogens with one attached hydrogen (secondary N) is 1. The highest BCUT2D eigenvalue weighted by Crippen LogP contribution is 2.36. The first kappa shape index (κ1) is 22.0. The van der Waals surface area contributed by atoms with Gasteiger partial charge in [0.25, 0.3) is 0 Å². The number of hydrogen-bond acceptors (Lipinski definition) is 4. The van der Waals surface area contributed by atoms with E-state index < -0.39 is 6.09 Å². The molecule has 1 aromatic heterocycles. The van der Waals surface area contributed by atoms with Gasteiger partial charge in [0.1, 0.15) is 17.3 Å². The second-order valence-corrected chi connectivity index (χ2v) is 8.74. The molecule has 4 rings (SSSR count). The summed E-state index contributed by atoms with van der Waals surface area (Å²) in [5.41, 5.74) is 4.43. The van der Waals surface area contributed by atoms with Crippen LogP contribution in [0.4, 0.5) is 10.5 Å². The molecule has 1 N–H and O–H groups in total. The molecule has 1 amide bonds. The zero-order valence-corrected chi connectivity index (χ0v) is 19.3. The van der Waals surface area contributed by atoms with E-state index in [4.69, 9.17) is 21.4 Å². The number of aromatic nitrogens is 2. The van der Waals surface area contributed by atoms with Crippen molar-refractivity contribution in [2.24, 2.45) is 7.05 Å². The van der Waals surface area contributed by atoms with Gasteiger partial charge in [0.15, 0.2) is 0 Å². The van der Waals surface area contributed by atoms with Gasteiger partial charge in [-0.2, -0.15) is 5.10 Å². The van der Waals surface area contributed by atoms with Crippen LogP contribution in [0, 0.1) is 6.92 Å². The molecular formula is C25H22ClN3O2S. The molecule has 1 heterocycles. The lowest BCUT2D eigenvalue weighted by Crippen LogP contribution is -2.13. The Labute approximate surface area is 196 Å². The van der Waals surface area contributed by atoms with E-state index in [1.807, 2.05) is 42.1 Å². The summed E-state index contributed by atoms with van der Waals surface area (Å²) < 4.78 is 7.42. The number of benzene rings is 3. The number of hydrogen-bond donors (Lipinski definition) is 1. The number of carbonyl (C=O) groups excluding carboxylic acids is 1. The Morgan fingerprint density at radius 3 is 2.41 bits per heavy atom. The predicted octanol–water partition coefficient (Wildman–Crippen LogP) is 6.95. The van der Waals surface area contributed by atoms with Crippen LogP contribution in [0.25, 0.3) is 11.3 Å². The van der Waals surface area contributed by atoms with Gasteiger partial charge in [0.05, 0.1) is 0 Å². The van der Waals surface area contributed by atoms with Gasteiger partial charge in [-0.1, -0.05) is 71.4 Å². The van der Waals surface area contributed by atoms with Crippen LogP contribution in [-0.4, -0.2) is 15.9 Å². The molecule has 0 unspecified atom stereocenters. The van der Waals surface area contributed by atoms with Crippen LogP contribution in [0.5, 0.6) is 0 Å². The fourth-order valence-corrected chi connectivity index (χ4v) is 4.25. The maximum atomic E-state index is 12.4. The van der Waals surface area contributed by atoms with E-state index in [1.165, 1.54) is 5.56 Å². The highest BCUT2D eigenvalue weighted by molar-refractivity contribution is 7.99. The average molecular weight is 464 g/mol. The second-order valence-electron chi connectivity index (χ2n) is 7.25. The molecule has 0 fully saturated rings. The van der Waals surface area contributed by atoms with Gasteiger partial charge in [-0.15, -0.1) is 0 Å². The molecule has 0 saturated heterocycles.